The van der Waals surface area contributed by atoms with Gasteiger partial charge in [0, 0.05) is 5.56 Å². The van der Waals surface area contributed by atoms with Gasteiger partial charge in [0.25, 0.3) is 0 Å². The number of ketones is 1. The fourth-order valence-electron chi connectivity index (χ4n) is 2.13. The Morgan fingerprint density at radius 3 is 2.17 bits per heavy atom. The third-order valence-electron chi connectivity index (χ3n) is 3.23. The summed E-state index contributed by atoms with van der Waals surface area (Å²) in [6.45, 7) is 0. The Morgan fingerprint density at radius 2 is 1.58 bits per heavy atom. The van der Waals surface area contributed by atoms with Gasteiger partial charge < -0.3 is 19.3 Å². The maximum absolute atomic E-state index is 12.7. The summed E-state index contributed by atoms with van der Waals surface area (Å²) in [5.74, 6) is 0.275. The van der Waals surface area contributed by atoms with Crippen molar-refractivity contribution in [2.75, 3.05) is 14.2 Å². The summed E-state index contributed by atoms with van der Waals surface area (Å²) in [5.41, 5.74) is 0.473. The molecule has 2 aromatic rings. The molecule has 2 aromatic carbocycles. The molecule has 0 fully saturated rings. The quantitative estimate of drug-likeness (QED) is 0.583. The first-order chi connectivity index (χ1) is 11.3. The average molecular weight is 352 g/mol. The molecule has 0 aliphatic carbocycles. The van der Waals surface area contributed by atoms with Gasteiger partial charge in [-0.1, -0.05) is 24.3 Å². The maximum Gasteiger partial charge on any atom is 0.470 e. The Hall–Kier alpha value is -2.18. The molecule has 0 bridgehead atoms. The first-order valence-corrected chi connectivity index (χ1v) is 8.43. The summed E-state index contributed by atoms with van der Waals surface area (Å²) in [6.07, 6.45) is -1.48. The van der Waals surface area contributed by atoms with Crippen molar-refractivity contribution in [3.05, 3.63) is 59.7 Å². The van der Waals surface area contributed by atoms with Crippen LogP contribution in [0.5, 0.6) is 11.5 Å². The Labute approximate surface area is 139 Å². The normalized spacial score (nSPS) is 12.5. The number of methoxy groups -OCH3 is 2. The minimum absolute atomic E-state index is 0.204. The molecule has 0 saturated heterocycles. The minimum atomic E-state index is -4.90. The van der Waals surface area contributed by atoms with Crippen LogP contribution in [-0.4, -0.2) is 29.8 Å². The van der Waals surface area contributed by atoms with E-state index in [-0.39, 0.29) is 11.1 Å². The SMILES string of the molecule is COc1cccc(C(=O)C(OP(=O)(O)O)c2cccc(OC)c2)c1. The molecule has 7 nitrogen and oxygen atoms in total. The molecule has 2 N–H and O–H groups in total. The van der Waals surface area contributed by atoms with Crippen LogP contribution in [0.1, 0.15) is 22.0 Å². The summed E-state index contributed by atoms with van der Waals surface area (Å²) in [6, 6.07) is 12.5. The van der Waals surface area contributed by atoms with Crippen molar-refractivity contribution in [3.63, 3.8) is 0 Å². The lowest BCUT2D eigenvalue weighted by Gasteiger charge is -2.18. The molecule has 0 spiro atoms. The third-order valence-corrected chi connectivity index (χ3v) is 3.72. The molecular formula is C16H17O7P. The highest BCUT2D eigenvalue weighted by atomic mass is 31.2. The van der Waals surface area contributed by atoms with E-state index in [1.54, 1.807) is 24.3 Å². The van der Waals surface area contributed by atoms with Gasteiger partial charge in [-0.25, -0.2) is 4.57 Å². The van der Waals surface area contributed by atoms with Crippen molar-refractivity contribution < 1.29 is 33.1 Å². The molecule has 0 saturated carbocycles. The summed E-state index contributed by atoms with van der Waals surface area (Å²) >= 11 is 0. The topological polar surface area (TPSA) is 102 Å². The van der Waals surface area contributed by atoms with Crippen molar-refractivity contribution in [1.29, 1.82) is 0 Å². The number of benzene rings is 2. The van der Waals surface area contributed by atoms with Gasteiger partial charge in [-0.05, 0) is 29.8 Å². The number of ether oxygens (including phenoxy) is 2. The third kappa shape index (κ3) is 4.66. The summed E-state index contributed by atoms with van der Waals surface area (Å²) in [4.78, 5) is 31.0. The molecule has 0 aliphatic heterocycles. The molecule has 0 aromatic heterocycles. The van der Waals surface area contributed by atoms with E-state index < -0.39 is 19.7 Å². The molecular weight excluding hydrogens is 335 g/mol. The number of carbonyl (C=O) groups is 1. The van der Waals surface area contributed by atoms with Gasteiger partial charge in [0.15, 0.2) is 11.9 Å². The van der Waals surface area contributed by atoms with Crippen molar-refractivity contribution in [2.45, 2.75) is 6.10 Å². The highest BCUT2D eigenvalue weighted by Gasteiger charge is 2.31. The monoisotopic (exact) mass is 352 g/mol. The number of Topliss-reactive ketones (excluding diaryl/α,β-unsaturated/α-hetero) is 1. The molecule has 8 heteroatoms. The zero-order valence-corrected chi connectivity index (χ0v) is 14.0. The first kappa shape index (κ1) is 18.2. The molecule has 2 rings (SSSR count). The van der Waals surface area contributed by atoms with Crippen LogP contribution in [0.15, 0.2) is 48.5 Å². The van der Waals surface area contributed by atoms with E-state index >= 15 is 0 Å². The van der Waals surface area contributed by atoms with Crippen molar-refractivity contribution in [1.82, 2.24) is 0 Å². The number of hydrogen-bond acceptors (Lipinski definition) is 5. The van der Waals surface area contributed by atoms with Crippen molar-refractivity contribution in [3.8, 4) is 11.5 Å². The lowest BCUT2D eigenvalue weighted by molar-refractivity contribution is 0.0710. The number of carbonyl (C=O) groups excluding carboxylic acids is 1. The Morgan fingerprint density at radius 1 is 1.00 bits per heavy atom. The predicted octanol–water partition coefficient (Wildman–Crippen LogP) is 2.74. The second-order valence-corrected chi connectivity index (χ2v) is 6.04. The zero-order valence-electron chi connectivity index (χ0n) is 13.1. The lowest BCUT2D eigenvalue weighted by Crippen LogP contribution is -2.16. The first-order valence-electron chi connectivity index (χ1n) is 6.90. The predicted molar refractivity (Wildman–Crippen MR) is 86.2 cm³/mol. The molecule has 24 heavy (non-hydrogen) atoms. The van der Waals surface area contributed by atoms with Crippen LogP contribution in [0.4, 0.5) is 0 Å². The highest BCUT2D eigenvalue weighted by Crippen LogP contribution is 2.44. The summed E-state index contributed by atoms with van der Waals surface area (Å²) in [7, 11) is -2.00. The largest absolute Gasteiger partial charge is 0.497 e. The Bertz CT molecular complexity index is 769. The number of rotatable bonds is 7. The van der Waals surface area contributed by atoms with Crippen LogP contribution in [-0.2, 0) is 9.09 Å². The van der Waals surface area contributed by atoms with Gasteiger partial charge in [0.1, 0.15) is 11.5 Å². The summed E-state index contributed by atoms with van der Waals surface area (Å²) < 4.78 is 26.2. The maximum atomic E-state index is 12.7. The van der Waals surface area contributed by atoms with Gasteiger partial charge in [-0.2, -0.15) is 0 Å². The van der Waals surface area contributed by atoms with Gasteiger partial charge in [0.2, 0.25) is 0 Å². The van der Waals surface area contributed by atoms with Crippen LogP contribution in [0.25, 0.3) is 0 Å². The van der Waals surface area contributed by atoms with Gasteiger partial charge in [-0.15, -0.1) is 0 Å². The van der Waals surface area contributed by atoms with Crippen LogP contribution in [0.3, 0.4) is 0 Å². The van der Waals surface area contributed by atoms with Crippen LogP contribution < -0.4 is 9.47 Å². The number of phosphoric ester groups is 1. The van der Waals surface area contributed by atoms with E-state index in [0.717, 1.165) is 0 Å². The smallest absolute Gasteiger partial charge is 0.470 e. The second-order valence-electron chi connectivity index (χ2n) is 4.85. The standard InChI is InChI=1S/C16H17O7P/c1-21-13-7-3-5-11(9-13)15(17)16(23-24(18,19)20)12-6-4-8-14(10-12)22-2/h3-10,16H,1-2H3,(H2,18,19,20). The zero-order chi connectivity index (χ0) is 17.7. The fraction of sp³-hybridized carbons (Fsp3) is 0.188. The van der Waals surface area contributed by atoms with E-state index in [2.05, 4.69) is 0 Å². The van der Waals surface area contributed by atoms with Crippen LogP contribution in [0, 0.1) is 0 Å². The number of phosphoric acid groups is 1. The molecule has 0 amide bonds. The van der Waals surface area contributed by atoms with Gasteiger partial charge in [0.05, 0.1) is 14.2 Å². The van der Waals surface area contributed by atoms with E-state index in [9.17, 15) is 9.36 Å². The van der Waals surface area contributed by atoms with Crippen molar-refractivity contribution >= 4 is 13.6 Å². The van der Waals surface area contributed by atoms with E-state index in [1.165, 1.54) is 38.5 Å². The summed E-state index contributed by atoms with van der Waals surface area (Å²) in [5, 5.41) is 0. The van der Waals surface area contributed by atoms with E-state index in [4.69, 9.17) is 23.8 Å². The second kappa shape index (κ2) is 7.59. The Kier molecular flexibility index (Phi) is 5.75. The van der Waals surface area contributed by atoms with Crippen molar-refractivity contribution in [2.24, 2.45) is 0 Å². The lowest BCUT2D eigenvalue weighted by atomic mass is 9.99. The fourth-order valence-corrected chi connectivity index (χ4v) is 2.62. The molecule has 0 aliphatic rings. The molecule has 1 atom stereocenters. The molecule has 128 valence electrons. The van der Waals surface area contributed by atoms with Crippen LogP contribution in [0.2, 0.25) is 0 Å². The molecule has 0 heterocycles. The van der Waals surface area contributed by atoms with E-state index in [1.807, 2.05) is 0 Å². The molecule has 1 unspecified atom stereocenters. The van der Waals surface area contributed by atoms with Gasteiger partial charge >= 0.3 is 7.82 Å². The average Bonchev–Trinajstić information content (AvgIpc) is 2.58. The van der Waals surface area contributed by atoms with Gasteiger partial charge in [-0.3, -0.25) is 9.32 Å². The van der Waals surface area contributed by atoms with E-state index in [0.29, 0.717) is 11.5 Å². The number of hydrogen-bond donors (Lipinski definition) is 2. The van der Waals surface area contributed by atoms with Crippen LogP contribution >= 0.6 is 7.82 Å². The Balaban J connectivity index is 2.44. The highest BCUT2D eigenvalue weighted by molar-refractivity contribution is 7.46. The minimum Gasteiger partial charge on any atom is -0.497 e. The molecule has 0 radical (unpaired) electrons.